The summed E-state index contributed by atoms with van der Waals surface area (Å²) in [4.78, 5) is 26.0. The Balaban J connectivity index is 1.56. The molecule has 19 heavy (non-hydrogen) atoms. The maximum Gasteiger partial charge on any atom is 0.252 e. The van der Waals surface area contributed by atoms with Gasteiger partial charge in [0.05, 0.1) is 5.92 Å². The molecular formula is C14H14N2O2S. The average Bonchev–Trinajstić information content (AvgIpc) is 2.59. The topological polar surface area (TPSA) is 49.4 Å². The monoisotopic (exact) mass is 274 g/mol. The largest absolute Gasteiger partial charge is 0.339 e. The molecule has 0 saturated carbocycles. The van der Waals surface area contributed by atoms with E-state index in [1.54, 1.807) is 0 Å². The Hall–Kier alpha value is -1.49. The summed E-state index contributed by atoms with van der Waals surface area (Å²) in [5.41, 5.74) is 1.49. The van der Waals surface area contributed by atoms with E-state index in [4.69, 9.17) is 0 Å². The second-order valence-electron chi connectivity index (χ2n) is 5.51. The first-order valence-electron chi connectivity index (χ1n) is 6.48. The minimum atomic E-state index is -0.319. The Morgan fingerprint density at radius 3 is 2.74 bits per heavy atom. The standard InChI is InChI=1S/C14H14N2O2S/c17-12-10-3-1-2-4-11(10)14(15-12)7-16(8-14)13(18)9-5-19-6-9/h1-4,9H,5-8H2,(H,15,17). The van der Waals surface area contributed by atoms with Gasteiger partial charge in [-0.05, 0) is 11.6 Å². The highest BCUT2D eigenvalue weighted by Crippen LogP contribution is 2.40. The molecule has 2 amide bonds. The van der Waals surface area contributed by atoms with Crippen molar-refractivity contribution in [2.24, 2.45) is 5.92 Å². The first-order valence-corrected chi connectivity index (χ1v) is 7.64. The fourth-order valence-electron chi connectivity index (χ4n) is 3.10. The average molecular weight is 274 g/mol. The molecule has 3 aliphatic rings. The number of rotatable bonds is 1. The molecule has 1 spiro atoms. The fourth-order valence-corrected chi connectivity index (χ4v) is 3.85. The molecule has 0 atom stereocenters. The lowest BCUT2D eigenvalue weighted by molar-refractivity contribution is -0.143. The second kappa shape index (κ2) is 3.76. The van der Waals surface area contributed by atoms with Crippen LogP contribution in [0.3, 0.4) is 0 Å². The van der Waals surface area contributed by atoms with Gasteiger partial charge in [-0.2, -0.15) is 11.8 Å². The first-order chi connectivity index (χ1) is 9.20. The van der Waals surface area contributed by atoms with Crippen molar-refractivity contribution in [3.05, 3.63) is 35.4 Å². The third kappa shape index (κ3) is 1.48. The summed E-state index contributed by atoms with van der Waals surface area (Å²) in [5.74, 6) is 2.34. The van der Waals surface area contributed by atoms with E-state index in [2.05, 4.69) is 5.32 Å². The van der Waals surface area contributed by atoms with Crippen LogP contribution in [-0.2, 0) is 10.3 Å². The van der Waals surface area contributed by atoms with Gasteiger partial charge in [0.2, 0.25) is 5.91 Å². The Morgan fingerprint density at radius 2 is 2.05 bits per heavy atom. The highest BCUT2D eigenvalue weighted by molar-refractivity contribution is 8.00. The smallest absolute Gasteiger partial charge is 0.252 e. The lowest BCUT2D eigenvalue weighted by Crippen LogP contribution is -2.67. The molecular weight excluding hydrogens is 260 g/mol. The highest BCUT2D eigenvalue weighted by Gasteiger charge is 2.53. The Bertz CT molecular complexity index is 577. The molecule has 4 rings (SSSR count). The molecule has 2 fully saturated rings. The number of hydrogen-bond donors (Lipinski definition) is 1. The summed E-state index contributed by atoms with van der Waals surface area (Å²) in [6, 6.07) is 7.68. The van der Waals surface area contributed by atoms with Crippen LogP contribution in [0.4, 0.5) is 0 Å². The van der Waals surface area contributed by atoms with Crippen molar-refractivity contribution in [3.63, 3.8) is 0 Å². The first kappa shape index (κ1) is 11.3. The van der Waals surface area contributed by atoms with Gasteiger partial charge in [-0.15, -0.1) is 0 Å². The molecule has 98 valence electrons. The number of nitrogens with one attached hydrogen (secondary N) is 1. The van der Waals surface area contributed by atoms with Crippen LogP contribution in [0.25, 0.3) is 0 Å². The van der Waals surface area contributed by atoms with Crippen LogP contribution >= 0.6 is 11.8 Å². The molecule has 3 heterocycles. The lowest BCUT2D eigenvalue weighted by Gasteiger charge is -2.50. The molecule has 1 N–H and O–H groups in total. The normalized spacial score (nSPS) is 23.6. The number of nitrogens with zero attached hydrogens (tertiary/aromatic N) is 1. The number of thioether (sulfide) groups is 1. The molecule has 0 unspecified atom stereocenters. The van der Waals surface area contributed by atoms with Crippen molar-refractivity contribution in [2.75, 3.05) is 24.6 Å². The minimum absolute atomic E-state index is 0.0121. The van der Waals surface area contributed by atoms with Crippen LogP contribution in [0.15, 0.2) is 24.3 Å². The minimum Gasteiger partial charge on any atom is -0.339 e. The van der Waals surface area contributed by atoms with Gasteiger partial charge in [0.1, 0.15) is 5.54 Å². The van der Waals surface area contributed by atoms with E-state index in [-0.39, 0.29) is 23.3 Å². The van der Waals surface area contributed by atoms with Crippen LogP contribution < -0.4 is 5.32 Å². The molecule has 0 aliphatic carbocycles. The predicted octanol–water partition coefficient (Wildman–Crippen LogP) is 0.831. The summed E-state index contributed by atoms with van der Waals surface area (Å²) < 4.78 is 0. The molecule has 0 radical (unpaired) electrons. The molecule has 5 heteroatoms. The third-order valence-electron chi connectivity index (χ3n) is 4.26. The van der Waals surface area contributed by atoms with Gasteiger partial charge in [0, 0.05) is 30.2 Å². The number of hydrogen-bond acceptors (Lipinski definition) is 3. The number of likely N-dealkylation sites (tertiary alicyclic amines) is 1. The summed E-state index contributed by atoms with van der Waals surface area (Å²) in [7, 11) is 0. The Labute approximate surface area is 115 Å². The zero-order chi connectivity index (χ0) is 13.0. The maximum atomic E-state index is 12.1. The van der Waals surface area contributed by atoms with E-state index >= 15 is 0 Å². The van der Waals surface area contributed by atoms with Crippen LogP contribution in [0.1, 0.15) is 15.9 Å². The Kier molecular flexibility index (Phi) is 2.24. The molecule has 1 aromatic carbocycles. The SMILES string of the molecule is O=C1NC2(CN(C(=O)C3CSC3)C2)c2ccccc21. The van der Waals surface area contributed by atoms with Gasteiger partial charge in [-0.25, -0.2) is 0 Å². The molecule has 0 aromatic heterocycles. The summed E-state index contributed by atoms with van der Waals surface area (Å²) >= 11 is 1.82. The molecule has 2 saturated heterocycles. The number of carbonyl (C=O) groups is 2. The zero-order valence-corrected chi connectivity index (χ0v) is 11.2. The zero-order valence-electron chi connectivity index (χ0n) is 10.4. The van der Waals surface area contributed by atoms with Gasteiger partial charge >= 0.3 is 0 Å². The highest BCUT2D eigenvalue weighted by atomic mass is 32.2. The van der Waals surface area contributed by atoms with Gasteiger partial charge in [-0.3, -0.25) is 9.59 Å². The maximum absolute atomic E-state index is 12.1. The predicted molar refractivity (Wildman–Crippen MR) is 73.0 cm³/mol. The molecule has 1 aromatic rings. The summed E-state index contributed by atoms with van der Waals surface area (Å²) in [5, 5.41) is 3.05. The van der Waals surface area contributed by atoms with Crippen molar-refractivity contribution in [1.82, 2.24) is 10.2 Å². The van der Waals surface area contributed by atoms with Crippen LogP contribution in [0.2, 0.25) is 0 Å². The number of benzene rings is 1. The number of amides is 2. The summed E-state index contributed by atoms with van der Waals surface area (Å²) in [6.45, 7) is 1.24. The van der Waals surface area contributed by atoms with Gasteiger partial charge in [-0.1, -0.05) is 18.2 Å². The fraction of sp³-hybridized carbons (Fsp3) is 0.429. The van der Waals surface area contributed by atoms with Crippen molar-refractivity contribution in [2.45, 2.75) is 5.54 Å². The Morgan fingerprint density at radius 1 is 1.32 bits per heavy atom. The third-order valence-corrected chi connectivity index (χ3v) is 5.54. The van der Waals surface area contributed by atoms with Crippen LogP contribution in [0.5, 0.6) is 0 Å². The van der Waals surface area contributed by atoms with Crippen LogP contribution in [0, 0.1) is 5.92 Å². The molecule has 3 aliphatic heterocycles. The van der Waals surface area contributed by atoms with E-state index < -0.39 is 0 Å². The second-order valence-corrected chi connectivity index (χ2v) is 6.59. The number of carbonyl (C=O) groups excluding carboxylic acids is 2. The van der Waals surface area contributed by atoms with Gasteiger partial charge < -0.3 is 10.2 Å². The van der Waals surface area contributed by atoms with E-state index in [0.29, 0.717) is 13.1 Å². The van der Waals surface area contributed by atoms with Gasteiger partial charge in [0.15, 0.2) is 0 Å². The van der Waals surface area contributed by atoms with E-state index in [9.17, 15) is 9.59 Å². The van der Waals surface area contributed by atoms with Crippen molar-refractivity contribution in [3.8, 4) is 0 Å². The summed E-state index contributed by atoms with van der Waals surface area (Å²) in [6.07, 6.45) is 0. The van der Waals surface area contributed by atoms with Crippen LogP contribution in [-0.4, -0.2) is 41.3 Å². The molecule has 4 nitrogen and oxygen atoms in total. The van der Waals surface area contributed by atoms with Crippen molar-refractivity contribution in [1.29, 1.82) is 0 Å². The van der Waals surface area contributed by atoms with Crippen molar-refractivity contribution < 1.29 is 9.59 Å². The molecule has 0 bridgehead atoms. The number of fused-ring (bicyclic) bond motifs is 2. The van der Waals surface area contributed by atoms with Gasteiger partial charge in [0.25, 0.3) is 5.91 Å². The van der Waals surface area contributed by atoms with E-state index in [0.717, 1.165) is 22.6 Å². The van der Waals surface area contributed by atoms with Crippen molar-refractivity contribution >= 4 is 23.6 Å². The van der Waals surface area contributed by atoms with E-state index in [1.807, 2.05) is 40.9 Å². The van der Waals surface area contributed by atoms with E-state index in [1.165, 1.54) is 0 Å². The quantitative estimate of drug-likeness (QED) is 0.825. The lowest BCUT2D eigenvalue weighted by atomic mass is 9.82.